The zero-order valence-electron chi connectivity index (χ0n) is 11.8. The van der Waals surface area contributed by atoms with Crippen LogP contribution in [0.3, 0.4) is 0 Å². The van der Waals surface area contributed by atoms with Crippen LogP contribution in [0.25, 0.3) is 0 Å². The molecule has 108 valence electrons. The minimum atomic E-state index is -0.843. The molecule has 1 saturated carbocycles. The Morgan fingerprint density at radius 3 is 2.65 bits per heavy atom. The number of carboxylic acids is 1. The van der Waals surface area contributed by atoms with Gasteiger partial charge in [-0.25, -0.2) is 0 Å². The van der Waals surface area contributed by atoms with E-state index >= 15 is 0 Å². The van der Waals surface area contributed by atoms with Gasteiger partial charge in [0, 0.05) is 6.04 Å². The highest BCUT2D eigenvalue weighted by Crippen LogP contribution is 2.36. The van der Waals surface area contributed by atoms with Crippen molar-refractivity contribution < 1.29 is 14.7 Å². The topological polar surface area (TPSA) is 66.4 Å². The molecule has 0 aliphatic heterocycles. The summed E-state index contributed by atoms with van der Waals surface area (Å²) in [5.74, 6) is -0.919. The first kappa shape index (κ1) is 14.6. The number of amides is 1. The predicted molar refractivity (Wildman–Crippen MR) is 76.3 cm³/mol. The van der Waals surface area contributed by atoms with Crippen LogP contribution in [-0.2, 0) is 16.0 Å². The standard InChI is InChI=1S/C16H21NO3/c1-16(15(19)20)10-6-5-9-13(16)17-14(18)11-12-7-3-2-4-8-12/h2-4,7-8,13H,5-6,9-11H2,1H3,(H,17,18)(H,19,20). The molecule has 2 unspecified atom stereocenters. The molecular weight excluding hydrogens is 254 g/mol. The maximum absolute atomic E-state index is 12.1. The molecule has 1 amide bonds. The van der Waals surface area contributed by atoms with Gasteiger partial charge < -0.3 is 10.4 Å². The van der Waals surface area contributed by atoms with E-state index in [0.717, 1.165) is 24.8 Å². The summed E-state index contributed by atoms with van der Waals surface area (Å²) in [5.41, 5.74) is 0.0998. The predicted octanol–water partition coefficient (Wildman–Crippen LogP) is 2.38. The quantitative estimate of drug-likeness (QED) is 0.886. The number of carbonyl (C=O) groups is 2. The monoisotopic (exact) mass is 275 g/mol. The highest BCUT2D eigenvalue weighted by atomic mass is 16.4. The summed E-state index contributed by atoms with van der Waals surface area (Å²) >= 11 is 0. The number of hydrogen-bond acceptors (Lipinski definition) is 2. The van der Waals surface area contributed by atoms with Crippen LogP contribution in [0.15, 0.2) is 30.3 Å². The molecule has 2 N–H and O–H groups in total. The number of carbonyl (C=O) groups excluding carboxylic acids is 1. The van der Waals surface area contributed by atoms with Crippen molar-refractivity contribution in [3.05, 3.63) is 35.9 Å². The van der Waals surface area contributed by atoms with Gasteiger partial charge in [-0.15, -0.1) is 0 Å². The first-order valence-corrected chi connectivity index (χ1v) is 7.09. The van der Waals surface area contributed by atoms with Crippen LogP contribution in [0.4, 0.5) is 0 Å². The Hall–Kier alpha value is -1.84. The Balaban J connectivity index is 2.00. The molecule has 1 aliphatic rings. The van der Waals surface area contributed by atoms with Gasteiger partial charge in [-0.2, -0.15) is 0 Å². The Morgan fingerprint density at radius 1 is 1.30 bits per heavy atom. The van der Waals surface area contributed by atoms with Gasteiger partial charge in [-0.3, -0.25) is 9.59 Å². The molecule has 0 aromatic heterocycles. The van der Waals surface area contributed by atoms with Gasteiger partial charge in [0.2, 0.25) is 5.91 Å². The summed E-state index contributed by atoms with van der Waals surface area (Å²) in [6, 6.07) is 9.22. The number of benzene rings is 1. The van der Waals surface area contributed by atoms with E-state index in [-0.39, 0.29) is 11.9 Å². The summed E-state index contributed by atoms with van der Waals surface area (Å²) < 4.78 is 0. The van der Waals surface area contributed by atoms with Crippen molar-refractivity contribution in [2.75, 3.05) is 0 Å². The lowest BCUT2D eigenvalue weighted by molar-refractivity contribution is -0.152. The van der Waals surface area contributed by atoms with Crippen LogP contribution in [0.5, 0.6) is 0 Å². The molecule has 0 heterocycles. The number of aliphatic carboxylic acids is 1. The molecule has 2 rings (SSSR count). The fourth-order valence-electron chi connectivity index (χ4n) is 2.85. The average molecular weight is 275 g/mol. The minimum Gasteiger partial charge on any atom is -0.481 e. The second-order valence-electron chi connectivity index (χ2n) is 5.75. The smallest absolute Gasteiger partial charge is 0.311 e. The summed E-state index contributed by atoms with van der Waals surface area (Å²) in [6.07, 6.45) is 3.54. The van der Waals surface area contributed by atoms with Gasteiger partial charge in [0.1, 0.15) is 0 Å². The zero-order valence-corrected chi connectivity index (χ0v) is 11.8. The normalized spacial score (nSPS) is 25.9. The van der Waals surface area contributed by atoms with E-state index in [1.165, 1.54) is 0 Å². The molecule has 4 nitrogen and oxygen atoms in total. The lowest BCUT2D eigenvalue weighted by atomic mass is 9.71. The minimum absolute atomic E-state index is 0.101. The van der Waals surface area contributed by atoms with Gasteiger partial charge in [0.05, 0.1) is 11.8 Å². The average Bonchev–Trinajstić information content (AvgIpc) is 2.42. The maximum atomic E-state index is 12.1. The molecule has 0 bridgehead atoms. The maximum Gasteiger partial charge on any atom is 0.311 e. The van der Waals surface area contributed by atoms with Crippen molar-refractivity contribution in [1.82, 2.24) is 5.32 Å². The number of rotatable bonds is 4. The van der Waals surface area contributed by atoms with E-state index in [0.29, 0.717) is 12.8 Å². The third kappa shape index (κ3) is 3.18. The molecule has 2 atom stereocenters. The summed E-state index contributed by atoms with van der Waals surface area (Å²) in [5, 5.41) is 12.3. The lowest BCUT2D eigenvalue weighted by Gasteiger charge is -2.38. The van der Waals surface area contributed by atoms with Crippen molar-refractivity contribution in [2.45, 2.75) is 45.1 Å². The second-order valence-corrected chi connectivity index (χ2v) is 5.75. The molecule has 1 aromatic carbocycles. The van der Waals surface area contributed by atoms with E-state index in [2.05, 4.69) is 5.32 Å². The highest BCUT2D eigenvalue weighted by Gasteiger charge is 2.43. The van der Waals surface area contributed by atoms with Crippen LogP contribution in [-0.4, -0.2) is 23.0 Å². The van der Waals surface area contributed by atoms with Crippen molar-refractivity contribution in [3.63, 3.8) is 0 Å². The van der Waals surface area contributed by atoms with E-state index in [1.54, 1.807) is 6.92 Å². The molecule has 1 fully saturated rings. The number of nitrogens with one attached hydrogen (secondary N) is 1. The van der Waals surface area contributed by atoms with E-state index in [9.17, 15) is 14.7 Å². The van der Waals surface area contributed by atoms with Gasteiger partial charge in [0.15, 0.2) is 0 Å². The molecule has 0 spiro atoms. The van der Waals surface area contributed by atoms with Crippen molar-refractivity contribution in [3.8, 4) is 0 Å². The Bertz CT molecular complexity index is 486. The fraction of sp³-hybridized carbons (Fsp3) is 0.500. The lowest BCUT2D eigenvalue weighted by Crippen LogP contribution is -2.52. The van der Waals surface area contributed by atoms with E-state index in [4.69, 9.17) is 0 Å². The summed E-state index contributed by atoms with van der Waals surface area (Å²) in [7, 11) is 0. The van der Waals surface area contributed by atoms with E-state index in [1.807, 2.05) is 30.3 Å². The van der Waals surface area contributed by atoms with Crippen LogP contribution < -0.4 is 5.32 Å². The Kier molecular flexibility index (Phi) is 4.42. The summed E-state index contributed by atoms with van der Waals surface area (Å²) in [6.45, 7) is 1.74. The Morgan fingerprint density at radius 2 is 2.00 bits per heavy atom. The van der Waals surface area contributed by atoms with Gasteiger partial charge in [-0.05, 0) is 25.3 Å². The third-order valence-electron chi connectivity index (χ3n) is 4.24. The molecule has 4 heteroatoms. The molecule has 0 saturated heterocycles. The number of hydrogen-bond donors (Lipinski definition) is 2. The van der Waals surface area contributed by atoms with Crippen molar-refractivity contribution in [1.29, 1.82) is 0 Å². The van der Waals surface area contributed by atoms with E-state index < -0.39 is 11.4 Å². The molecular formula is C16H21NO3. The van der Waals surface area contributed by atoms with Crippen LogP contribution in [0, 0.1) is 5.41 Å². The SMILES string of the molecule is CC1(C(=O)O)CCCCC1NC(=O)Cc1ccccc1. The van der Waals surface area contributed by atoms with Gasteiger partial charge in [0.25, 0.3) is 0 Å². The second kappa shape index (κ2) is 6.07. The molecule has 1 aliphatic carbocycles. The highest BCUT2D eigenvalue weighted by molar-refractivity contribution is 5.81. The zero-order chi connectivity index (χ0) is 14.6. The molecule has 0 radical (unpaired) electrons. The largest absolute Gasteiger partial charge is 0.481 e. The van der Waals surface area contributed by atoms with Gasteiger partial charge >= 0.3 is 5.97 Å². The molecule has 20 heavy (non-hydrogen) atoms. The summed E-state index contributed by atoms with van der Waals surface area (Å²) in [4.78, 5) is 23.6. The van der Waals surface area contributed by atoms with Crippen molar-refractivity contribution in [2.24, 2.45) is 5.41 Å². The van der Waals surface area contributed by atoms with Crippen molar-refractivity contribution >= 4 is 11.9 Å². The van der Waals surface area contributed by atoms with Crippen LogP contribution >= 0.6 is 0 Å². The first-order chi connectivity index (χ1) is 9.52. The number of carboxylic acid groups (broad SMARTS) is 1. The van der Waals surface area contributed by atoms with Crippen LogP contribution in [0.2, 0.25) is 0 Å². The first-order valence-electron chi connectivity index (χ1n) is 7.09. The Labute approximate surface area is 119 Å². The fourth-order valence-corrected chi connectivity index (χ4v) is 2.85. The molecule has 1 aromatic rings. The van der Waals surface area contributed by atoms with Crippen LogP contribution in [0.1, 0.15) is 38.2 Å². The van der Waals surface area contributed by atoms with Gasteiger partial charge in [-0.1, -0.05) is 43.2 Å². The third-order valence-corrected chi connectivity index (χ3v) is 4.24.